The topological polar surface area (TPSA) is 9.23 Å². The van der Waals surface area contributed by atoms with E-state index in [0.717, 1.165) is 17.4 Å². The van der Waals surface area contributed by atoms with Gasteiger partial charge in [-0.2, -0.15) is 8.78 Å². The second-order valence-corrected chi connectivity index (χ2v) is 11.1. The number of halogens is 2. The lowest BCUT2D eigenvalue weighted by Gasteiger charge is -2.29. The zero-order valence-corrected chi connectivity index (χ0v) is 21.8. The SMILES string of the molecule is CCCC1CCC(c2ccc(C(F)(F)OCCc3ccc(C4CCC(CC)CC4)cc3)cc2)CC1. The predicted molar refractivity (Wildman–Crippen MR) is 141 cm³/mol. The van der Waals surface area contributed by atoms with Crippen molar-refractivity contribution in [1.82, 2.24) is 0 Å². The van der Waals surface area contributed by atoms with Crippen molar-refractivity contribution in [3.05, 3.63) is 70.8 Å². The first-order valence-corrected chi connectivity index (χ1v) is 14.2. The quantitative estimate of drug-likeness (QED) is 0.327. The van der Waals surface area contributed by atoms with Crippen LogP contribution in [0.3, 0.4) is 0 Å². The molecule has 2 aromatic rings. The lowest BCUT2D eigenvalue weighted by molar-refractivity contribution is -0.248. The van der Waals surface area contributed by atoms with Gasteiger partial charge in [0.15, 0.2) is 0 Å². The van der Waals surface area contributed by atoms with Crippen LogP contribution in [-0.2, 0) is 17.3 Å². The minimum atomic E-state index is -3.25. The van der Waals surface area contributed by atoms with Gasteiger partial charge in [-0.1, -0.05) is 81.6 Å². The highest BCUT2D eigenvalue weighted by Crippen LogP contribution is 2.39. The first kappa shape index (κ1) is 26.3. The van der Waals surface area contributed by atoms with E-state index >= 15 is 0 Å². The van der Waals surface area contributed by atoms with Gasteiger partial charge >= 0.3 is 6.11 Å². The molecule has 2 aliphatic carbocycles. The van der Waals surface area contributed by atoms with Crippen molar-refractivity contribution in [2.24, 2.45) is 11.8 Å². The summed E-state index contributed by atoms with van der Waals surface area (Å²) < 4.78 is 34.5. The normalized spacial score (nSPS) is 25.5. The Morgan fingerprint density at radius 2 is 1.23 bits per heavy atom. The molecule has 0 bridgehead atoms. The summed E-state index contributed by atoms with van der Waals surface area (Å²) >= 11 is 0. The van der Waals surface area contributed by atoms with Crippen LogP contribution in [0, 0.1) is 11.8 Å². The van der Waals surface area contributed by atoms with E-state index in [0.29, 0.717) is 18.3 Å². The summed E-state index contributed by atoms with van der Waals surface area (Å²) in [5, 5.41) is 0. The maximum absolute atomic E-state index is 14.7. The summed E-state index contributed by atoms with van der Waals surface area (Å²) in [5.74, 6) is 2.91. The highest BCUT2D eigenvalue weighted by Gasteiger charge is 2.33. The maximum atomic E-state index is 14.7. The molecule has 2 aliphatic rings. The van der Waals surface area contributed by atoms with Gasteiger partial charge in [0.2, 0.25) is 0 Å². The molecular weight excluding hydrogens is 438 g/mol. The Bertz CT molecular complexity index is 873. The summed E-state index contributed by atoms with van der Waals surface area (Å²) in [5.41, 5.74) is 3.61. The van der Waals surface area contributed by atoms with Crippen molar-refractivity contribution < 1.29 is 13.5 Å². The number of benzene rings is 2. The molecule has 0 unspecified atom stereocenters. The largest absolute Gasteiger partial charge is 0.383 e. The number of rotatable bonds is 10. The van der Waals surface area contributed by atoms with Crippen molar-refractivity contribution in [2.75, 3.05) is 6.61 Å². The third-order valence-corrected chi connectivity index (χ3v) is 8.81. The average Bonchev–Trinajstić information content (AvgIpc) is 2.90. The molecule has 0 N–H and O–H groups in total. The number of ether oxygens (including phenoxy) is 1. The fourth-order valence-corrected chi connectivity index (χ4v) is 6.38. The van der Waals surface area contributed by atoms with Crippen LogP contribution < -0.4 is 0 Å². The monoisotopic (exact) mass is 482 g/mol. The standard InChI is InChI=1S/C32H44F2O/c1-3-5-25-8-14-29(15-9-25)30-18-20-31(21-19-30)32(33,34)35-23-22-26-10-16-28(17-11-26)27-12-6-24(4-2)7-13-27/h10-11,16-21,24-25,27,29H,3-9,12-15,22-23H2,1-2H3. The Labute approximate surface area is 211 Å². The molecule has 0 aromatic heterocycles. The van der Waals surface area contributed by atoms with Crippen LogP contribution in [0.2, 0.25) is 0 Å². The van der Waals surface area contributed by atoms with Crippen molar-refractivity contribution in [3.8, 4) is 0 Å². The zero-order valence-electron chi connectivity index (χ0n) is 21.8. The molecular formula is C32H44F2O. The molecule has 1 nitrogen and oxygen atoms in total. The Morgan fingerprint density at radius 1 is 0.714 bits per heavy atom. The van der Waals surface area contributed by atoms with Crippen LogP contribution in [0.25, 0.3) is 0 Å². The molecule has 192 valence electrons. The molecule has 3 heteroatoms. The summed E-state index contributed by atoms with van der Waals surface area (Å²) in [7, 11) is 0. The Hall–Kier alpha value is -1.74. The fourth-order valence-electron chi connectivity index (χ4n) is 6.38. The van der Waals surface area contributed by atoms with Crippen LogP contribution in [0.5, 0.6) is 0 Å². The predicted octanol–water partition coefficient (Wildman–Crippen LogP) is 9.75. The van der Waals surface area contributed by atoms with Crippen molar-refractivity contribution in [2.45, 2.75) is 109 Å². The minimum Gasteiger partial charge on any atom is -0.316 e. The van der Waals surface area contributed by atoms with Gasteiger partial charge in [-0.25, -0.2) is 0 Å². The van der Waals surface area contributed by atoms with Gasteiger partial charge in [-0.05, 0) is 98.1 Å². The van der Waals surface area contributed by atoms with Crippen LogP contribution in [0.1, 0.15) is 119 Å². The highest BCUT2D eigenvalue weighted by molar-refractivity contribution is 5.28. The molecule has 0 radical (unpaired) electrons. The van der Waals surface area contributed by atoms with Crippen LogP contribution in [-0.4, -0.2) is 6.61 Å². The molecule has 35 heavy (non-hydrogen) atoms. The molecule has 0 heterocycles. The smallest absolute Gasteiger partial charge is 0.316 e. The summed E-state index contributed by atoms with van der Waals surface area (Å²) in [6, 6.07) is 15.5. The Morgan fingerprint density at radius 3 is 1.74 bits per heavy atom. The van der Waals surface area contributed by atoms with Gasteiger partial charge in [0.1, 0.15) is 0 Å². The number of alkyl halides is 2. The number of hydrogen-bond donors (Lipinski definition) is 0. The van der Waals surface area contributed by atoms with E-state index in [1.165, 1.54) is 81.8 Å². The van der Waals surface area contributed by atoms with E-state index in [1.807, 2.05) is 12.1 Å². The van der Waals surface area contributed by atoms with Gasteiger partial charge in [0.05, 0.1) is 12.2 Å². The van der Waals surface area contributed by atoms with Crippen LogP contribution >= 0.6 is 0 Å². The van der Waals surface area contributed by atoms with E-state index in [9.17, 15) is 8.78 Å². The first-order chi connectivity index (χ1) is 17.0. The average molecular weight is 483 g/mol. The van der Waals surface area contributed by atoms with Crippen molar-refractivity contribution in [1.29, 1.82) is 0 Å². The lowest BCUT2D eigenvalue weighted by atomic mass is 9.77. The van der Waals surface area contributed by atoms with Gasteiger partial charge in [-0.3, -0.25) is 0 Å². The molecule has 0 saturated heterocycles. The third kappa shape index (κ3) is 7.15. The van der Waals surface area contributed by atoms with Gasteiger partial charge in [-0.15, -0.1) is 0 Å². The Balaban J connectivity index is 1.23. The van der Waals surface area contributed by atoms with Crippen molar-refractivity contribution >= 4 is 0 Å². The number of hydrogen-bond acceptors (Lipinski definition) is 1. The van der Waals surface area contributed by atoms with Gasteiger partial charge < -0.3 is 4.74 Å². The molecule has 2 aromatic carbocycles. The zero-order chi connectivity index (χ0) is 24.7. The molecule has 0 spiro atoms. The summed E-state index contributed by atoms with van der Waals surface area (Å²) in [6.07, 6.45) is 11.2. The summed E-state index contributed by atoms with van der Waals surface area (Å²) in [6.45, 7) is 4.55. The minimum absolute atomic E-state index is 0.0111. The van der Waals surface area contributed by atoms with E-state index in [1.54, 1.807) is 12.1 Å². The first-order valence-electron chi connectivity index (χ1n) is 14.2. The molecule has 0 amide bonds. The lowest BCUT2D eigenvalue weighted by Crippen LogP contribution is -2.20. The van der Waals surface area contributed by atoms with E-state index in [4.69, 9.17) is 4.74 Å². The van der Waals surface area contributed by atoms with E-state index in [2.05, 4.69) is 38.1 Å². The highest BCUT2D eigenvalue weighted by atomic mass is 19.3. The van der Waals surface area contributed by atoms with Crippen LogP contribution in [0.15, 0.2) is 48.5 Å². The maximum Gasteiger partial charge on any atom is 0.383 e. The second-order valence-electron chi connectivity index (χ2n) is 11.1. The van der Waals surface area contributed by atoms with Crippen LogP contribution in [0.4, 0.5) is 8.78 Å². The molecule has 2 fully saturated rings. The molecule has 0 atom stereocenters. The van der Waals surface area contributed by atoms with Gasteiger partial charge in [0, 0.05) is 0 Å². The van der Waals surface area contributed by atoms with E-state index in [-0.39, 0.29) is 12.2 Å². The third-order valence-electron chi connectivity index (χ3n) is 8.81. The molecule has 4 rings (SSSR count). The molecule has 0 aliphatic heterocycles. The summed E-state index contributed by atoms with van der Waals surface area (Å²) in [4.78, 5) is 0. The van der Waals surface area contributed by atoms with Gasteiger partial charge in [0.25, 0.3) is 0 Å². The molecule has 2 saturated carbocycles. The van der Waals surface area contributed by atoms with E-state index < -0.39 is 6.11 Å². The second kappa shape index (κ2) is 12.5. The Kier molecular flexibility index (Phi) is 9.39. The fraction of sp³-hybridized carbons (Fsp3) is 0.625. The van der Waals surface area contributed by atoms with Crippen molar-refractivity contribution in [3.63, 3.8) is 0 Å².